The number of thioether (sulfide) groups is 1. The zero-order valence-corrected chi connectivity index (χ0v) is 5.78. The molecule has 1 aliphatic heterocycles. The molecule has 1 rings (SSSR count). The molecule has 0 amide bonds. The van der Waals surface area contributed by atoms with Crippen LogP contribution in [0.4, 0.5) is 0 Å². The first-order valence-electron chi connectivity index (χ1n) is 2.34. The Labute approximate surface area is 57.3 Å². The molecule has 1 unspecified atom stereocenters. The molecule has 0 aromatic heterocycles. The van der Waals surface area contributed by atoms with Crippen LogP contribution in [0.3, 0.4) is 0 Å². The van der Waals surface area contributed by atoms with Crippen molar-refractivity contribution in [3.63, 3.8) is 0 Å². The van der Waals surface area contributed by atoms with Crippen molar-refractivity contribution < 1.29 is 4.79 Å². The van der Waals surface area contributed by atoms with Crippen molar-refractivity contribution in [2.75, 3.05) is 12.3 Å². The van der Waals surface area contributed by atoms with Gasteiger partial charge in [0.2, 0.25) is 0 Å². The number of nitrogens with zero attached hydrogens (tertiary/aromatic N) is 1. The maximum atomic E-state index is 10.1. The maximum absolute atomic E-state index is 10.1. The van der Waals surface area contributed by atoms with Crippen LogP contribution in [0.5, 0.6) is 0 Å². The minimum Gasteiger partial charge on any atom is -0.301 e. The first-order valence-corrected chi connectivity index (χ1v) is 3.72. The number of halogens is 1. The smallest absolute Gasteiger partial charge is 0.148 e. The molecule has 0 saturated carbocycles. The van der Waals surface area contributed by atoms with Crippen LogP contribution in [0.2, 0.25) is 0 Å². The van der Waals surface area contributed by atoms with Crippen molar-refractivity contribution in [2.45, 2.75) is 5.37 Å². The lowest BCUT2D eigenvalue weighted by atomic mass is 10.6. The molecule has 1 fully saturated rings. The van der Waals surface area contributed by atoms with E-state index in [1.54, 1.807) is 11.8 Å². The van der Waals surface area contributed by atoms with Crippen LogP contribution in [-0.2, 0) is 4.79 Å². The average molecular weight is 152 g/mol. The van der Waals surface area contributed by atoms with Gasteiger partial charge in [0.05, 0.1) is 0 Å². The van der Waals surface area contributed by atoms with Gasteiger partial charge in [-0.3, -0.25) is 0 Å². The number of hydrogen-bond acceptors (Lipinski definition) is 3. The van der Waals surface area contributed by atoms with E-state index in [-0.39, 0.29) is 5.37 Å². The van der Waals surface area contributed by atoms with Crippen molar-refractivity contribution in [1.29, 1.82) is 0 Å². The lowest BCUT2D eigenvalue weighted by molar-refractivity contribution is -0.108. The Hall–Kier alpha value is 0.270. The summed E-state index contributed by atoms with van der Waals surface area (Å²) in [5.41, 5.74) is 0. The Morgan fingerprint density at radius 2 is 2.62 bits per heavy atom. The fraction of sp³-hybridized carbons (Fsp3) is 0.750. The van der Waals surface area contributed by atoms with Gasteiger partial charge in [0, 0.05) is 12.3 Å². The molecule has 0 aromatic rings. The molecule has 4 heteroatoms. The van der Waals surface area contributed by atoms with Gasteiger partial charge in [-0.05, 0) is 11.8 Å². The van der Waals surface area contributed by atoms with Crippen molar-refractivity contribution in [3.8, 4) is 0 Å². The molecule has 1 heterocycles. The van der Waals surface area contributed by atoms with E-state index in [9.17, 15) is 4.79 Å². The third-order valence-corrected chi connectivity index (χ3v) is 2.61. The standard InChI is InChI=1S/C4H6ClNOS/c5-6-1-2-8-4(6)3-7/h3-4H,1-2H2. The molecule has 1 saturated heterocycles. The van der Waals surface area contributed by atoms with Crippen LogP contribution in [-0.4, -0.2) is 28.4 Å². The van der Waals surface area contributed by atoms with Crippen molar-refractivity contribution in [2.24, 2.45) is 0 Å². The summed E-state index contributed by atoms with van der Waals surface area (Å²) in [6.45, 7) is 0.815. The Morgan fingerprint density at radius 1 is 1.88 bits per heavy atom. The third-order valence-electron chi connectivity index (χ3n) is 0.986. The van der Waals surface area contributed by atoms with Crippen molar-refractivity contribution in [1.82, 2.24) is 4.42 Å². The summed E-state index contributed by atoms with van der Waals surface area (Å²) in [6, 6.07) is 0. The molecular formula is C4H6ClNOS. The van der Waals surface area contributed by atoms with Crippen molar-refractivity contribution >= 4 is 29.8 Å². The lowest BCUT2D eigenvalue weighted by Gasteiger charge is -2.05. The van der Waals surface area contributed by atoms with Gasteiger partial charge in [-0.1, -0.05) is 0 Å². The Kier molecular flexibility index (Phi) is 2.16. The number of aldehydes is 1. The summed E-state index contributed by atoms with van der Waals surface area (Å²) in [6.07, 6.45) is 0.866. The molecular weight excluding hydrogens is 146 g/mol. The molecule has 1 atom stereocenters. The van der Waals surface area contributed by atoms with Gasteiger partial charge in [-0.2, -0.15) is 4.42 Å². The molecule has 46 valence electrons. The third kappa shape index (κ3) is 1.16. The fourth-order valence-corrected chi connectivity index (χ4v) is 1.86. The highest BCUT2D eigenvalue weighted by Gasteiger charge is 2.21. The molecule has 0 spiro atoms. The monoisotopic (exact) mass is 151 g/mol. The fourth-order valence-electron chi connectivity index (χ4n) is 0.574. The largest absolute Gasteiger partial charge is 0.301 e. The van der Waals surface area contributed by atoms with Crippen LogP contribution >= 0.6 is 23.5 Å². The summed E-state index contributed by atoms with van der Waals surface area (Å²) >= 11 is 7.14. The normalized spacial score (nSPS) is 30.9. The Balaban J connectivity index is 2.41. The highest BCUT2D eigenvalue weighted by atomic mass is 35.5. The van der Waals surface area contributed by atoms with E-state index in [4.69, 9.17) is 11.8 Å². The highest BCUT2D eigenvalue weighted by Crippen LogP contribution is 2.22. The second-order valence-electron chi connectivity index (χ2n) is 1.52. The van der Waals surface area contributed by atoms with E-state index in [0.29, 0.717) is 0 Å². The number of carbonyl (C=O) groups excluding carboxylic acids is 1. The summed E-state index contributed by atoms with van der Waals surface area (Å²) in [5.74, 6) is 0.965. The number of rotatable bonds is 1. The van der Waals surface area contributed by atoms with Crippen LogP contribution < -0.4 is 0 Å². The van der Waals surface area contributed by atoms with Gasteiger partial charge in [0.25, 0.3) is 0 Å². The van der Waals surface area contributed by atoms with Gasteiger partial charge >= 0.3 is 0 Å². The van der Waals surface area contributed by atoms with Crippen LogP contribution in [0, 0.1) is 0 Å². The van der Waals surface area contributed by atoms with Crippen LogP contribution in [0.1, 0.15) is 0 Å². The summed E-state index contributed by atoms with van der Waals surface area (Å²) in [4.78, 5) is 10.1. The van der Waals surface area contributed by atoms with Gasteiger partial charge < -0.3 is 4.79 Å². The number of carbonyl (C=O) groups is 1. The lowest BCUT2D eigenvalue weighted by Crippen LogP contribution is -2.18. The van der Waals surface area contributed by atoms with E-state index in [1.165, 1.54) is 4.42 Å². The second kappa shape index (κ2) is 2.71. The molecule has 8 heavy (non-hydrogen) atoms. The molecule has 2 nitrogen and oxygen atoms in total. The summed E-state index contributed by atoms with van der Waals surface area (Å²) < 4.78 is 1.53. The quantitative estimate of drug-likeness (QED) is 0.407. The van der Waals surface area contributed by atoms with Gasteiger partial charge in [-0.15, -0.1) is 11.8 Å². The minimum atomic E-state index is -0.100. The zero-order chi connectivity index (χ0) is 5.98. The predicted molar refractivity (Wildman–Crippen MR) is 34.9 cm³/mol. The van der Waals surface area contributed by atoms with E-state index in [0.717, 1.165) is 18.6 Å². The van der Waals surface area contributed by atoms with Gasteiger partial charge in [0.15, 0.2) is 0 Å². The topological polar surface area (TPSA) is 20.3 Å². The average Bonchev–Trinajstić information content (AvgIpc) is 2.14. The Bertz CT molecular complexity index is 100. The Morgan fingerprint density at radius 3 is 2.88 bits per heavy atom. The molecule has 0 aliphatic carbocycles. The van der Waals surface area contributed by atoms with E-state index >= 15 is 0 Å². The molecule has 1 aliphatic rings. The van der Waals surface area contributed by atoms with Gasteiger partial charge in [-0.25, -0.2) is 0 Å². The molecule has 0 N–H and O–H groups in total. The van der Waals surface area contributed by atoms with Crippen LogP contribution in [0.25, 0.3) is 0 Å². The second-order valence-corrected chi connectivity index (χ2v) is 3.18. The van der Waals surface area contributed by atoms with Gasteiger partial charge in [0.1, 0.15) is 11.7 Å². The molecule has 0 aromatic carbocycles. The van der Waals surface area contributed by atoms with E-state index < -0.39 is 0 Å². The summed E-state index contributed by atoms with van der Waals surface area (Å²) in [7, 11) is 0. The highest BCUT2D eigenvalue weighted by molar-refractivity contribution is 8.00. The van der Waals surface area contributed by atoms with Crippen LogP contribution in [0.15, 0.2) is 0 Å². The maximum Gasteiger partial charge on any atom is 0.148 e. The molecule has 0 radical (unpaired) electrons. The minimum absolute atomic E-state index is 0.100. The first-order chi connectivity index (χ1) is 3.84. The molecule has 0 bridgehead atoms. The van der Waals surface area contributed by atoms with E-state index in [1.807, 2.05) is 0 Å². The zero-order valence-electron chi connectivity index (χ0n) is 4.21. The number of hydrogen-bond donors (Lipinski definition) is 0. The SMILES string of the molecule is O=CC1SCCN1Cl. The van der Waals surface area contributed by atoms with E-state index in [2.05, 4.69) is 0 Å². The first kappa shape index (κ1) is 6.39. The summed E-state index contributed by atoms with van der Waals surface area (Å²) in [5, 5.41) is -0.100. The predicted octanol–water partition coefficient (Wildman–Crippen LogP) is 0.714. The van der Waals surface area contributed by atoms with Crippen molar-refractivity contribution in [3.05, 3.63) is 0 Å².